The number of nitrogens with one attached hydrogen (secondary N) is 1. The molecular weight excluding hydrogens is 590 g/mol. The molecule has 2 aliphatic rings. The molecular formula is C33H44F2N2O6S. The van der Waals surface area contributed by atoms with Crippen molar-refractivity contribution >= 4 is 33.2 Å². The summed E-state index contributed by atoms with van der Waals surface area (Å²) in [6.45, 7) is 11.4. The predicted molar refractivity (Wildman–Crippen MR) is 169 cm³/mol. The Labute approximate surface area is 260 Å². The van der Waals surface area contributed by atoms with Crippen molar-refractivity contribution in [2.45, 2.75) is 84.1 Å². The second-order valence-electron chi connectivity index (χ2n) is 11.3. The molecule has 44 heavy (non-hydrogen) atoms. The molecule has 11 heteroatoms. The highest BCUT2D eigenvalue weighted by atomic mass is 32.2. The number of esters is 1. The second-order valence-corrected chi connectivity index (χ2v) is 12.9. The number of ether oxygens (including phenoxy) is 2. The average Bonchev–Trinajstić information content (AvgIpc) is 2.93. The third-order valence-electron chi connectivity index (χ3n) is 6.69. The molecule has 8 nitrogen and oxygen atoms in total. The first-order valence-corrected chi connectivity index (χ1v) is 16.5. The van der Waals surface area contributed by atoms with Gasteiger partial charge in [0, 0.05) is 31.7 Å². The molecule has 2 aromatic carbocycles. The Balaban J connectivity index is 0.00000230. The number of hydrogen-bond donors (Lipinski definition) is 1. The fourth-order valence-electron chi connectivity index (χ4n) is 4.67. The Morgan fingerprint density at radius 3 is 2.32 bits per heavy atom. The van der Waals surface area contributed by atoms with Crippen molar-refractivity contribution in [3.63, 3.8) is 0 Å². The van der Waals surface area contributed by atoms with E-state index in [0.717, 1.165) is 18.9 Å². The molecule has 1 aliphatic carbocycles. The van der Waals surface area contributed by atoms with Crippen LogP contribution in [0.15, 0.2) is 47.4 Å². The van der Waals surface area contributed by atoms with Gasteiger partial charge < -0.3 is 14.4 Å². The number of likely N-dealkylation sites (tertiary alicyclic amines) is 1. The Bertz CT molecular complexity index is 1550. The van der Waals surface area contributed by atoms with Crippen LogP contribution in [0.5, 0.6) is 5.75 Å². The van der Waals surface area contributed by atoms with E-state index in [1.54, 1.807) is 43.9 Å². The molecule has 2 aromatic rings. The predicted octanol–water partition coefficient (Wildman–Crippen LogP) is 7.29. The van der Waals surface area contributed by atoms with Crippen LogP contribution in [0, 0.1) is 11.6 Å². The van der Waals surface area contributed by atoms with Crippen LogP contribution in [0.25, 0.3) is 5.57 Å². The molecule has 0 atom stereocenters. The summed E-state index contributed by atoms with van der Waals surface area (Å²) in [6, 6.07) is 4.46. The van der Waals surface area contributed by atoms with Crippen LogP contribution in [-0.4, -0.2) is 50.5 Å². The molecule has 4 rings (SSSR count). The Morgan fingerprint density at radius 1 is 1.05 bits per heavy atom. The maximum Gasteiger partial charge on any atom is 0.344 e. The number of amides is 1. The normalized spacial score (nSPS) is 14.5. The van der Waals surface area contributed by atoms with Crippen molar-refractivity contribution in [2.24, 2.45) is 0 Å². The summed E-state index contributed by atoms with van der Waals surface area (Å²) >= 11 is 0. The number of hydrogen-bond acceptors (Lipinski definition) is 6. The van der Waals surface area contributed by atoms with Gasteiger partial charge in [-0.25, -0.2) is 22.0 Å². The summed E-state index contributed by atoms with van der Waals surface area (Å²) in [5, 5.41) is 0. The highest BCUT2D eigenvalue weighted by Gasteiger charge is 2.30. The zero-order chi connectivity index (χ0) is 32.7. The van der Waals surface area contributed by atoms with Crippen LogP contribution in [0.1, 0.15) is 90.1 Å². The zero-order valence-electron chi connectivity index (χ0n) is 26.3. The van der Waals surface area contributed by atoms with E-state index in [-0.39, 0.29) is 24.2 Å². The number of carbonyl (C=O) groups is 2. The average molecular weight is 635 g/mol. The highest BCUT2D eigenvalue weighted by molar-refractivity contribution is 7.92. The van der Waals surface area contributed by atoms with Gasteiger partial charge in [-0.05, 0) is 75.8 Å². The maximum absolute atomic E-state index is 15.0. The fraction of sp³-hybridized carbons (Fsp3) is 0.455. The van der Waals surface area contributed by atoms with Gasteiger partial charge in [0.25, 0.3) is 15.9 Å². The number of aryl methyl sites for hydroxylation is 1. The molecule has 0 radical (unpaired) electrons. The van der Waals surface area contributed by atoms with Crippen LogP contribution in [0.3, 0.4) is 0 Å². The Hall–Kier alpha value is -3.73. The quantitative estimate of drug-likeness (QED) is 0.276. The molecule has 242 valence electrons. The lowest BCUT2D eigenvalue weighted by Crippen LogP contribution is -2.42. The van der Waals surface area contributed by atoms with E-state index in [1.165, 1.54) is 6.07 Å². The third-order valence-corrected chi connectivity index (χ3v) is 8.06. The van der Waals surface area contributed by atoms with Gasteiger partial charge in [0.05, 0.1) is 5.69 Å². The molecule has 1 saturated heterocycles. The zero-order valence-corrected chi connectivity index (χ0v) is 27.1. The van der Waals surface area contributed by atoms with Crippen molar-refractivity contribution < 1.29 is 37.7 Å². The van der Waals surface area contributed by atoms with E-state index in [1.807, 2.05) is 26.8 Å². The molecule has 1 heterocycles. The van der Waals surface area contributed by atoms with Gasteiger partial charge in [0.1, 0.15) is 27.9 Å². The number of anilines is 1. The Morgan fingerprint density at radius 2 is 1.75 bits per heavy atom. The van der Waals surface area contributed by atoms with Gasteiger partial charge in [0.2, 0.25) is 0 Å². The van der Waals surface area contributed by atoms with E-state index in [2.05, 4.69) is 4.72 Å². The minimum Gasteiger partial charge on any atom is -0.480 e. The molecule has 0 aromatic heterocycles. The number of allylic oxidation sites excluding steroid dienone is 4. The van der Waals surface area contributed by atoms with E-state index in [4.69, 9.17) is 9.47 Å². The van der Waals surface area contributed by atoms with Gasteiger partial charge in [-0.15, -0.1) is 0 Å². The number of rotatable bonds is 10. The largest absolute Gasteiger partial charge is 0.480 e. The van der Waals surface area contributed by atoms with E-state index < -0.39 is 50.4 Å². The minimum absolute atomic E-state index is 0. The van der Waals surface area contributed by atoms with Crippen molar-refractivity contribution in [3.05, 3.63) is 70.8 Å². The number of sulfonamides is 1. The summed E-state index contributed by atoms with van der Waals surface area (Å²) in [7, 11) is -4.62. The van der Waals surface area contributed by atoms with Crippen LogP contribution in [0.4, 0.5) is 14.5 Å². The molecule has 1 amide bonds. The number of halogens is 2. The van der Waals surface area contributed by atoms with Gasteiger partial charge in [-0.2, -0.15) is 0 Å². The second kappa shape index (κ2) is 14.8. The van der Waals surface area contributed by atoms with Crippen LogP contribution in [0.2, 0.25) is 0 Å². The van der Waals surface area contributed by atoms with Crippen molar-refractivity contribution in [1.29, 1.82) is 0 Å². The first kappa shape index (κ1) is 34.8. The number of nitrogens with zero attached hydrogens (tertiary/aromatic N) is 1. The van der Waals surface area contributed by atoms with Crippen LogP contribution < -0.4 is 9.46 Å². The molecule has 1 N–H and O–H groups in total. The summed E-state index contributed by atoms with van der Waals surface area (Å²) in [5.41, 5.74) is -0.197. The summed E-state index contributed by atoms with van der Waals surface area (Å²) < 4.78 is 70.8. The van der Waals surface area contributed by atoms with E-state index in [0.29, 0.717) is 49.6 Å². The smallest absolute Gasteiger partial charge is 0.344 e. The molecule has 0 bridgehead atoms. The first-order chi connectivity index (χ1) is 20.8. The minimum atomic E-state index is -4.62. The number of benzene rings is 2. The lowest BCUT2D eigenvalue weighted by molar-refractivity contribution is -0.157. The maximum atomic E-state index is 15.0. The lowest BCUT2D eigenvalue weighted by atomic mass is 9.98. The van der Waals surface area contributed by atoms with Crippen LogP contribution >= 0.6 is 0 Å². The highest BCUT2D eigenvalue weighted by Crippen LogP contribution is 2.35. The third kappa shape index (κ3) is 8.68. The van der Waals surface area contributed by atoms with E-state index in [9.17, 15) is 26.8 Å². The summed E-state index contributed by atoms with van der Waals surface area (Å²) in [6.07, 6.45) is 8.55. The first-order valence-electron chi connectivity index (χ1n) is 15.0. The monoisotopic (exact) mass is 634 g/mol. The summed E-state index contributed by atoms with van der Waals surface area (Å²) in [5.74, 6) is -3.15. The van der Waals surface area contributed by atoms with Crippen molar-refractivity contribution in [1.82, 2.24) is 4.90 Å². The topological polar surface area (TPSA) is 102 Å². The van der Waals surface area contributed by atoms with Gasteiger partial charge in [-0.1, -0.05) is 45.4 Å². The van der Waals surface area contributed by atoms with Gasteiger partial charge in [-0.3, -0.25) is 9.52 Å². The molecule has 0 unspecified atom stereocenters. The lowest BCUT2D eigenvalue weighted by Gasteiger charge is -2.31. The molecule has 0 spiro atoms. The standard InChI is InChI=1S/C31H36F2N2O6S.C2H6.H2/c1-5-10-21-15-22(30(37)35-13-9-14-35)16-27(29(21)40-19-28(36)41-31(2,3)4)42(38,39)34-26-17-23(24(32)18-25(26)33)20-11-7-6-8-12-20;1-2;/h7,11-12,15-18,34H,5-6,8-10,13-14,19H2,1-4H3;1-2H3;1H. The SMILES string of the molecule is CC.CCCc1cc(C(=O)N2CCC2)cc(S(=O)(=O)Nc2cc(C3=CCCC=C3)c(F)cc2F)c1OCC(=O)OC(C)(C)C.[HH]. The van der Waals surface area contributed by atoms with Gasteiger partial charge in [0.15, 0.2) is 6.61 Å². The number of carbonyl (C=O) groups excluding carboxylic acids is 2. The molecule has 1 fully saturated rings. The molecule has 1 aliphatic heterocycles. The summed E-state index contributed by atoms with van der Waals surface area (Å²) in [4.78, 5) is 26.8. The van der Waals surface area contributed by atoms with Crippen LogP contribution in [-0.2, 0) is 26.0 Å². The molecule has 0 saturated carbocycles. The Kier molecular flexibility index (Phi) is 11.7. The van der Waals surface area contributed by atoms with Gasteiger partial charge >= 0.3 is 5.97 Å². The fourth-order valence-corrected chi connectivity index (χ4v) is 5.94. The van der Waals surface area contributed by atoms with Crippen molar-refractivity contribution in [3.8, 4) is 5.75 Å². The van der Waals surface area contributed by atoms with E-state index >= 15 is 0 Å². The van der Waals surface area contributed by atoms with Crippen molar-refractivity contribution in [2.75, 3.05) is 24.4 Å².